The molecular weight excluding hydrogens is 366 g/mol. The van der Waals surface area contributed by atoms with E-state index in [0.29, 0.717) is 32.6 Å². The summed E-state index contributed by atoms with van der Waals surface area (Å²) in [4.78, 5) is 9.16. The maximum absolute atomic E-state index is 9.60. The van der Waals surface area contributed by atoms with E-state index in [0.717, 1.165) is 15.6 Å². The first-order chi connectivity index (χ1) is 12.7. The number of aromatic nitrogens is 2. The van der Waals surface area contributed by atoms with Crippen LogP contribution in [0.5, 0.6) is 5.75 Å². The molecule has 0 aliphatic heterocycles. The molecular formula is C20H12ClN3OS. The van der Waals surface area contributed by atoms with Crippen LogP contribution < -0.4 is 4.74 Å². The zero-order valence-electron chi connectivity index (χ0n) is 13.7. The molecule has 4 nitrogen and oxygen atoms in total. The van der Waals surface area contributed by atoms with Crippen molar-refractivity contribution in [2.75, 3.05) is 7.11 Å². The van der Waals surface area contributed by atoms with E-state index >= 15 is 0 Å². The van der Waals surface area contributed by atoms with Crippen LogP contribution in [0.3, 0.4) is 0 Å². The van der Waals surface area contributed by atoms with Crippen molar-refractivity contribution in [2.45, 2.75) is 0 Å². The van der Waals surface area contributed by atoms with E-state index in [1.165, 1.54) is 11.3 Å². The number of benzene rings is 2. The zero-order chi connectivity index (χ0) is 18.1. The number of nitrogens with zero attached hydrogens (tertiary/aromatic N) is 3. The number of ether oxygens (including phenoxy) is 1. The molecule has 6 heteroatoms. The lowest BCUT2D eigenvalue weighted by molar-refractivity contribution is 0.419. The minimum absolute atomic E-state index is 0.471. The average molecular weight is 378 g/mol. The van der Waals surface area contributed by atoms with Gasteiger partial charge in [-0.3, -0.25) is 0 Å². The van der Waals surface area contributed by atoms with Gasteiger partial charge in [0.15, 0.2) is 0 Å². The summed E-state index contributed by atoms with van der Waals surface area (Å²) < 4.78 is 6.42. The maximum atomic E-state index is 9.60. The van der Waals surface area contributed by atoms with Crippen molar-refractivity contribution < 1.29 is 4.74 Å². The molecule has 26 heavy (non-hydrogen) atoms. The van der Waals surface area contributed by atoms with Gasteiger partial charge in [0.2, 0.25) is 0 Å². The van der Waals surface area contributed by atoms with Crippen molar-refractivity contribution >= 4 is 55.7 Å². The predicted molar refractivity (Wildman–Crippen MR) is 106 cm³/mol. The van der Waals surface area contributed by atoms with Gasteiger partial charge < -0.3 is 4.74 Å². The number of thiazole rings is 1. The Morgan fingerprint density at radius 1 is 1.15 bits per heavy atom. The molecule has 0 saturated carbocycles. The second kappa shape index (κ2) is 6.75. The minimum atomic E-state index is 0.471. The molecule has 0 spiro atoms. The van der Waals surface area contributed by atoms with Gasteiger partial charge in [0, 0.05) is 5.39 Å². The van der Waals surface area contributed by atoms with Gasteiger partial charge in [-0.15, -0.1) is 11.3 Å². The summed E-state index contributed by atoms with van der Waals surface area (Å²) in [5, 5.41) is 11.7. The molecule has 0 unspecified atom stereocenters. The summed E-state index contributed by atoms with van der Waals surface area (Å²) in [5.41, 5.74) is 2.66. The SMILES string of the molecule is COc1ccc(Cl)c2ccc(/C=C(\C#N)c3nc4ccccc4s3)nc12. The quantitative estimate of drug-likeness (QED) is 0.438. The number of halogens is 1. The van der Waals surface area contributed by atoms with Gasteiger partial charge in [-0.2, -0.15) is 5.26 Å². The number of hydrogen-bond acceptors (Lipinski definition) is 5. The molecule has 4 aromatic rings. The molecule has 0 aliphatic carbocycles. The van der Waals surface area contributed by atoms with E-state index in [-0.39, 0.29) is 0 Å². The standard InChI is InChI=1S/C20H12ClN3OS/c1-25-17-9-8-15(21)14-7-6-13(23-19(14)17)10-12(11-22)20-24-16-4-2-3-5-18(16)26-20/h2-10H,1H3/b12-10+. The van der Waals surface area contributed by atoms with Gasteiger partial charge >= 0.3 is 0 Å². The van der Waals surface area contributed by atoms with Crippen molar-refractivity contribution in [1.82, 2.24) is 9.97 Å². The fourth-order valence-corrected chi connectivity index (χ4v) is 3.84. The number of methoxy groups -OCH3 is 1. The summed E-state index contributed by atoms with van der Waals surface area (Å²) in [7, 11) is 1.59. The highest BCUT2D eigenvalue weighted by atomic mass is 35.5. The number of rotatable bonds is 3. The highest BCUT2D eigenvalue weighted by Crippen LogP contribution is 2.31. The Balaban J connectivity index is 1.84. The topological polar surface area (TPSA) is 58.8 Å². The summed E-state index contributed by atoms with van der Waals surface area (Å²) in [6, 6.07) is 17.3. The Labute approximate surface area is 159 Å². The molecule has 0 atom stereocenters. The van der Waals surface area contributed by atoms with Crippen LogP contribution in [0, 0.1) is 11.3 Å². The Bertz CT molecular complexity index is 1170. The number of pyridine rings is 1. The van der Waals surface area contributed by atoms with E-state index in [2.05, 4.69) is 16.0 Å². The molecule has 0 saturated heterocycles. The van der Waals surface area contributed by atoms with Gasteiger partial charge in [0.1, 0.15) is 22.3 Å². The molecule has 0 bridgehead atoms. The Morgan fingerprint density at radius 3 is 2.77 bits per heavy atom. The third-order valence-corrected chi connectivity index (χ3v) is 5.34. The van der Waals surface area contributed by atoms with Gasteiger partial charge in [-0.1, -0.05) is 23.7 Å². The summed E-state index contributed by atoms with van der Waals surface area (Å²) >= 11 is 7.73. The average Bonchev–Trinajstić information content (AvgIpc) is 3.10. The van der Waals surface area contributed by atoms with Crippen LogP contribution in [0.1, 0.15) is 10.7 Å². The first kappa shape index (κ1) is 16.5. The Morgan fingerprint density at radius 2 is 2.00 bits per heavy atom. The summed E-state index contributed by atoms with van der Waals surface area (Å²) in [6.45, 7) is 0. The molecule has 126 valence electrons. The van der Waals surface area contributed by atoms with Crippen molar-refractivity contribution in [2.24, 2.45) is 0 Å². The third kappa shape index (κ3) is 2.90. The second-order valence-electron chi connectivity index (χ2n) is 5.54. The summed E-state index contributed by atoms with van der Waals surface area (Å²) in [5.74, 6) is 0.637. The molecule has 0 radical (unpaired) electrons. The van der Waals surface area contributed by atoms with Gasteiger partial charge in [0.25, 0.3) is 0 Å². The van der Waals surface area contributed by atoms with Crippen LogP contribution >= 0.6 is 22.9 Å². The zero-order valence-corrected chi connectivity index (χ0v) is 15.3. The van der Waals surface area contributed by atoms with Crippen molar-refractivity contribution in [3.8, 4) is 11.8 Å². The highest BCUT2D eigenvalue weighted by molar-refractivity contribution is 7.19. The number of hydrogen-bond donors (Lipinski definition) is 0. The van der Waals surface area contributed by atoms with E-state index in [1.807, 2.05) is 36.4 Å². The molecule has 0 amide bonds. The predicted octanol–water partition coefficient (Wildman–Crippen LogP) is 5.57. The molecule has 2 aromatic heterocycles. The number of fused-ring (bicyclic) bond motifs is 2. The number of allylic oxidation sites excluding steroid dienone is 1. The molecule has 2 aromatic carbocycles. The van der Waals surface area contributed by atoms with E-state index in [1.54, 1.807) is 25.3 Å². The van der Waals surface area contributed by atoms with Crippen LogP contribution in [-0.2, 0) is 0 Å². The molecule has 0 N–H and O–H groups in total. The molecule has 0 aliphatic rings. The van der Waals surface area contributed by atoms with Crippen molar-refractivity contribution in [3.63, 3.8) is 0 Å². The summed E-state index contributed by atoms with van der Waals surface area (Å²) in [6.07, 6.45) is 1.73. The van der Waals surface area contributed by atoms with Gasteiger partial charge in [0.05, 0.1) is 33.6 Å². The van der Waals surface area contributed by atoms with E-state index in [4.69, 9.17) is 16.3 Å². The lowest BCUT2D eigenvalue weighted by atomic mass is 10.1. The van der Waals surface area contributed by atoms with Crippen LogP contribution in [-0.4, -0.2) is 17.1 Å². The Hall–Kier alpha value is -2.94. The fraction of sp³-hybridized carbons (Fsp3) is 0.0500. The number of nitriles is 1. The van der Waals surface area contributed by atoms with Crippen LogP contribution in [0.25, 0.3) is 32.8 Å². The fourth-order valence-electron chi connectivity index (χ4n) is 2.69. The normalized spacial score (nSPS) is 11.7. The largest absolute Gasteiger partial charge is 0.494 e. The minimum Gasteiger partial charge on any atom is -0.494 e. The first-order valence-electron chi connectivity index (χ1n) is 7.80. The third-order valence-electron chi connectivity index (χ3n) is 3.95. The van der Waals surface area contributed by atoms with Crippen molar-refractivity contribution in [3.05, 3.63) is 64.3 Å². The van der Waals surface area contributed by atoms with Crippen molar-refractivity contribution in [1.29, 1.82) is 5.26 Å². The monoisotopic (exact) mass is 377 g/mol. The lowest BCUT2D eigenvalue weighted by Crippen LogP contribution is -1.91. The second-order valence-corrected chi connectivity index (χ2v) is 6.98. The van der Waals surface area contributed by atoms with E-state index < -0.39 is 0 Å². The van der Waals surface area contributed by atoms with Crippen LogP contribution in [0.2, 0.25) is 5.02 Å². The first-order valence-corrected chi connectivity index (χ1v) is 9.00. The Kier molecular flexibility index (Phi) is 4.29. The highest BCUT2D eigenvalue weighted by Gasteiger charge is 2.11. The van der Waals surface area contributed by atoms with Gasteiger partial charge in [-0.05, 0) is 42.5 Å². The number of para-hydroxylation sites is 1. The molecule has 4 rings (SSSR count). The van der Waals surface area contributed by atoms with E-state index in [9.17, 15) is 5.26 Å². The maximum Gasteiger partial charge on any atom is 0.145 e. The van der Waals surface area contributed by atoms with Gasteiger partial charge in [-0.25, -0.2) is 9.97 Å². The molecule has 0 fully saturated rings. The smallest absolute Gasteiger partial charge is 0.145 e. The lowest BCUT2D eigenvalue weighted by Gasteiger charge is -2.07. The molecule has 2 heterocycles. The van der Waals surface area contributed by atoms with Crippen LogP contribution in [0.4, 0.5) is 0 Å². The van der Waals surface area contributed by atoms with Crippen LogP contribution in [0.15, 0.2) is 48.5 Å².